The van der Waals surface area contributed by atoms with Crippen LogP contribution >= 0.6 is 34.9 Å². The lowest BCUT2D eigenvalue weighted by molar-refractivity contribution is -0.157. The van der Waals surface area contributed by atoms with Gasteiger partial charge in [-0.2, -0.15) is 4.98 Å². The van der Waals surface area contributed by atoms with Crippen LogP contribution in [0, 0.1) is 5.41 Å². The standard InChI is InChI=1S/C18H20N8O7S3/c1-25-17(22-11(28)12(29)23-25)36-6-18(15(31)32)4-26-13(30)9(14(26)35-5-18)21-10(27)8(24-33-2)7-3-34-16(19)20-7/h3,9,14H,4-6H2,1-2H3,(H2,19,20)(H,21,27)(H,23,29)(H,31,32)/t9?,14-,18?/m1/s1. The molecular weight excluding hydrogens is 536 g/mol. The molecule has 2 aromatic rings. The first-order chi connectivity index (χ1) is 17.1. The van der Waals surface area contributed by atoms with Gasteiger partial charge in [0.25, 0.3) is 11.8 Å². The zero-order valence-electron chi connectivity index (χ0n) is 18.8. The molecule has 2 aliphatic heterocycles. The lowest BCUT2D eigenvalue weighted by Crippen LogP contribution is -2.74. The number of nitrogens with zero attached hydrogens (tertiary/aromatic N) is 6. The molecule has 0 saturated carbocycles. The lowest BCUT2D eigenvalue weighted by Gasteiger charge is -2.53. The quantitative estimate of drug-likeness (QED) is 0.127. The van der Waals surface area contributed by atoms with Crippen molar-refractivity contribution in [3.05, 3.63) is 21.4 Å². The van der Waals surface area contributed by atoms with E-state index >= 15 is 0 Å². The van der Waals surface area contributed by atoms with Crippen LogP contribution in [0.4, 0.5) is 5.13 Å². The number of thioether (sulfide) groups is 2. The zero-order valence-corrected chi connectivity index (χ0v) is 21.2. The second kappa shape index (κ2) is 9.94. The SMILES string of the molecule is CON=C(C(=O)NC1C(=O)N2CC(CSc3nc(=O)c(O)nn3C)(C(=O)O)CS[C@H]12)c1csc(N)n1. The maximum Gasteiger partial charge on any atom is 0.336 e. The molecule has 4 heterocycles. The Morgan fingerprint density at radius 2 is 2.17 bits per heavy atom. The Bertz CT molecular complexity index is 1310. The first kappa shape index (κ1) is 25.7. The molecule has 0 spiro atoms. The van der Waals surface area contributed by atoms with E-state index in [1.165, 1.54) is 40.9 Å². The number of anilines is 1. The van der Waals surface area contributed by atoms with Gasteiger partial charge in [-0.15, -0.1) is 28.2 Å². The summed E-state index contributed by atoms with van der Waals surface area (Å²) in [6.07, 6.45) is 0. The van der Waals surface area contributed by atoms with E-state index in [1.54, 1.807) is 0 Å². The molecule has 0 aromatic carbocycles. The third kappa shape index (κ3) is 4.70. The third-order valence-corrected chi connectivity index (χ3v) is 9.01. The van der Waals surface area contributed by atoms with Gasteiger partial charge in [0, 0.05) is 30.5 Å². The number of hydrogen-bond acceptors (Lipinski definition) is 14. The fourth-order valence-corrected chi connectivity index (χ4v) is 6.89. The Hall–Kier alpha value is -3.38. The molecule has 15 nitrogen and oxygen atoms in total. The van der Waals surface area contributed by atoms with Crippen LogP contribution in [-0.4, -0.2) is 94.9 Å². The molecule has 36 heavy (non-hydrogen) atoms. The number of β-lactam (4-membered cyclic amide) rings is 1. The number of carboxylic acids is 1. The summed E-state index contributed by atoms with van der Waals surface area (Å²) in [4.78, 5) is 63.4. The number of aromatic hydroxyl groups is 1. The summed E-state index contributed by atoms with van der Waals surface area (Å²) in [6, 6.07) is -0.885. The molecule has 2 aliphatic rings. The van der Waals surface area contributed by atoms with Gasteiger partial charge in [-0.1, -0.05) is 16.9 Å². The number of thiazole rings is 1. The molecule has 5 N–H and O–H groups in total. The number of carbonyl (C=O) groups excluding carboxylic acids is 2. The molecule has 2 amide bonds. The summed E-state index contributed by atoms with van der Waals surface area (Å²) >= 11 is 3.32. The molecule has 0 bridgehead atoms. The first-order valence-electron chi connectivity index (χ1n) is 10.1. The lowest BCUT2D eigenvalue weighted by atomic mass is 9.89. The number of carboxylic acid groups (broad SMARTS) is 1. The number of nitrogens with two attached hydrogens (primary N) is 1. The highest BCUT2D eigenvalue weighted by Crippen LogP contribution is 2.44. The number of aryl methyl sites for hydroxylation is 1. The van der Waals surface area contributed by atoms with Crippen molar-refractivity contribution in [3.63, 3.8) is 0 Å². The van der Waals surface area contributed by atoms with Crippen LogP contribution in [-0.2, 0) is 26.3 Å². The van der Waals surface area contributed by atoms with Crippen LogP contribution in [0.2, 0.25) is 0 Å². The number of oxime groups is 1. The number of nitrogen functional groups attached to an aromatic ring is 1. The van der Waals surface area contributed by atoms with Gasteiger partial charge in [-0.3, -0.25) is 19.2 Å². The number of carbonyl (C=O) groups is 3. The van der Waals surface area contributed by atoms with Crippen LogP contribution in [0.3, 0.4) is 0 Å². The second-order valence-electron chi connectivity index (χ2n) is 7.83. The van der Waals surface area contributed by atoms with Crippen molar-refractivity contribution in [1.82, 2.24) is 30.0 Å². The van der Waals surface area contributed by atoms with E-state index in [9.17, 15) is 29.4 Å². The number of rotatable bonds is 8. The molecule has 4 rings (SSSR count). The Kier molecular flexibility index (Phi) is 7.10. The second-order valence-corrected chi connectivity index (χ2v) is 10.8. The maximum absolute atomic E-state index is 12.9. The minimum Gasteiger partial charge on any atom is -0.488 e. The summed E-state index contributed by atoms with van der Waals surface area (Å²) in [5.74, 6) is -2.88. The summed E-state index contributed by atoms with van der Waals surface area (Å²) in [5.41, 5.74) is 3.42. The number of hydrogen-bond donors (Lipinski definition) is 4. The highest BCUT2D eigenvalue weighted by molar-refractivity contribution is 8.00. The number of aromatic nitrogens is 4. The van der Waals surface area contributed by atoms with E-state index < -0.39 is 46.1 Å². The smallest absolute Gasteiger partial charge is 0.336 e. The Labute approximate surface area is 215 Å². The summed E-state index contributed by atoms with van der Waals surface area (Å²) < 4.78 is 1.17. The van der Waals surface area contributed by atoms with Gasteiger partial charge >= 0.3 is 11.5 Å². The van der Waals surface area contributed by atoms with Gasteiger partial charge in [-0.25, -0.2) is 9.67 Å². The van der Waals surface area contributed by atoms with E-state index in [2.05, 4.69) is 25.5 Å². The van der Waals surface area contributed by atoms with Gasteiger partial charge in [0.1, 0.15) is 29.6 Å². The largest absolute Gasteiger partial charge is 0.488 e. The van der Waals surface area contributed by atoms with Crippen molar-refractivity contribution in [1.29, 1.82) is 0 Å². The van der Waals surface area contributed by atoms with E-state index in [1.807, 2.05) is 0 Å². The van der Waals surface area contributed by atoms with Crippen molar-refractivity contribution < 1.29 is 29.4 Å². The molecule has 2 unspecified atom stereocenters. The molecule has 2 aromatic heterocycles. The molecule has 192 valence electrons. The van der Waals surface area contributed by atoms with Crippen molar-refractivity contribution in [2.75, 3.05) is 30.9 Å². The average Bonchev–Trinajstić information content (AvgIpc) is 3.27. The predicted octanol–water partition coefficient (Wildman–Crippen LogP) is -1.47. The average molecular weight is 557 g/mol. The Morgan fingerprint density at radius 3 is 2.81 bits per heavy atom. The van der Waals surface area contributed by atoms with Gasteiger partial charge in [0.05, 0.1) is 0 Å². The van der Waals surface area contributed by atoms with Crippen LogP contribution in [0.25, 0.3) is 0 Å². The molecule has 2 fully saturated rings. The van der Waals surface area contributed by atoms with Crippen molar-refractivity contribution in [2.45, 2.75) is 16.6 Å². The molecule has 2 saturated heterocycles. The molecule has 0 radical (unpaired) electrons. The first-order valence-corrected chi connectivity index (χ1v) is 13.0. The van der Waals surface area contributed by atoms with Gasteiger partial charge < -0.3 is 31.0 Å². The summed E-state index contributed by atoms with van der Waals surface area (Å²) in [7, 11) is 2.72. The van der Waals surface area contributed by atoms with E-state index in [-0.39, 0.29) is 39.7 Å². The van der Waals surface area contributed by atoms with Gasteiger partial charge in [-0.05, 0) is 0 Å². The normalized spacial score (nSPS) is 23.6. The maximum atomic E-state index is 12.9. The van der Waals surface area contributed by atoms with Crippen LogP contribution < -0.4 is 16.6 Å². The van der Waals surface area contributed by atoms with Crippen LogP contribution in [0.1, 0.15) is 5.69 Å². The molecule has 3 atom stereocenters. The molecule has 18 heteroatoms. The Balaban J connectivity index is 1.44. The number of aliphatic carboxylic acids is 1. The summed E-state index contributed by atoms with van der Waals surface area (Å²) in [5, 5.41) is 30.7. The minimum absolute atomic E-state index is 0.00845. The zero-order chi connectivity index (χ0) is 26.2. The molecular formula is C18H20N8O7S3. The minimum atomic E-state index is -1.34. The van der Waals surface area contributed by atoms with Crippen LogP contribution in [0.5, 0.6) is 5.88 Å². The number of nitrogens with one attached hydrogen (secondary N) is 1. The van der Waals surface area contributed by atoms with Crippen molar-refractivity contribution in [3.8, 4) is 5.88 Å². The topological polar surface area (TPSA) is 215 Å². The highest BCUT2D eigenvalue weighted by Gasteiger charge is 2.57. The van der Waals surface area contributed by atoms with Gasteiger partial charge in [0.15, 0.2) is 16.0 Å². The van der Waals surface area contributed by atoms with Crippen molar-refractivity contribution in [2.24, 2.45) is 17.6 Å². The third-order valence-electron chi connectivity index (χ3n) is 5.43. The number of amides is 2. The summed E-state index contributed by atoms with van der Waals surface area (Å²) in [6.45, 7) is -0.0979. The van der Waals surface area contributed by atoms with Crippen molar-refractivity contribution >= 4 is 63.5 Å². The predicted molar refractivity (Wildman–Crippen MR) is 130 cm³/mol. The van der Waals surface area contributed by atoms with E-state index in [0.717, 1.165) is 23.1 Å². The number of fused-ring (bicyclic) bond motifs is 1. The fraction of sp³-hybridized carbons (Fsp3) is 0.444. The van der Waals surface area contributed by atoms with Crippen LogP contribution in [0.15, 0.2) is 20.5 Å². The fourth-order valence-electron chi connectivity index (χ4n) is 3.57. The molecule has 0 aliphatic carbocycles. The highest BCUT2D eigenvalue weighted by atomic mass is 32.2. The van der Waals surface area contributed by atoms with Gasteiger partial charge in [0.2, 0.25) is 5.91 Å². The van der Waals surface area contributed by atoms with E-state index in [4.69, 9.17) is 10.6 Å². The van der Waals surface area contributed by atoms with E-state index in [0.29, 0.717) is 0 Å². The monoisotopic (exact) mass is 556 g/mol. The Morgan fingerprint density at radius 1 is 1.42 bits per heavy atom.